The average molecular weight is 406 g/mol. The molecule has 0 saturated heterocycles. The van der Waals surface area contributed by atoms with Crippen LogP contribution >= 0.6 is 23.2 Å². The van der Waals surface area contributed by atoms with Crippen LogP contribution in [-0.2, 0) is 6.61 Å². The summed E-state index contributed by atoms with van der Waals surface area (Å²) < 4.78 is 11.0. The van der Waals surface area contributed by atoms with Crippen molar-refractivity contribution < 1.29 is 14.1 Å². The standard InChI is InChI=1S/C19H17Cl2N3O3/c1-10-4-11(2)6-14(5-10)26-9-15-12(3)27-24-17(15)19(25)23-18-16(21)7-13(20)8-22-18/h4-8H,9H2,1-3H3,(H,22,23,25). The quantitative estimate of drug-likeness (QED) is 0.636. The molecule has 140 valence electrons. The van der Waals surface area contributed by atoms with E-state index in [2.05, 4.69) is 21.5 Å². The Kier molecular flexibility index (Phi) is 5.68. The second-order valence-corrected chi connectivity index (χ2v) is 6.96. The Hall–Kier alpha value is -2.57. The number of halogens is 2. The number of carbonyl (C=O) groups excluding carboxylic acids is 1. The Morgan fingerprint density at radius 1 is 1.15 bits per heavy atom. The number of hydrogen-bond donors (Lipinski definition) is 1. The Bertz CT molecular complexity index is 982. The summed E-state index contributed by atoms with van der Waals surface area (Å²) in [6.45, 7) is 5.85. The van der Waals surface area contributed by atoms with Crippen LogP contribution in [0.5, 0.6) is 5.75 Å². The fraction of sp³-hybridized carbons (Fsp3) is 0.211. The molecule has 2 aromatic heterocycles. The number of nitrogens with zero attached hydrogens (tertiary/aromatic N) is 2. The van der Waals surface area contributed by atoms with Gasteiger partial charge in [-0.05, 0) is 50.1 Å². The molecule has 0 spiro atoms. The van der Waals surface area contributed by atoms with E-state index in [9.17, 15) is 4.79 Å². The first kappa shape index (κ1) is 19.2. The minimum atomic E-state index is -0.498. The molecule has 0 fully saturated rings. The highest BCUT2D eigenvalue weighted by molar-refractivity contribution is 6.36. The predicted molar refractivity (Wildman–Crippen MR) is 104 cm³/mol. The van der Waals surface area contributed by atoms with Gasteiger partial charge in [-0.3, -0.25) is 4.79 Å². The predicted octanol–water partition coefficient (Wildman–Crippen LogP) is 5.13. The summed E-state index contributed by atoms with van der Waals surface area (Å²) in [5, 5.41) is 7.05. The van der Waals surface area contributed by atoms with Crippen LogP contribution in [0.1, 0.15) is 32.9 Å². The first-order valence-electron chi connectivity index (χ1n) is 8.12. The topological polar surface area (TPSA) is 77.2 Å². The van der Waals surface area contributed by atoms with Crippen molar-refractivity contribution in [2.24, 2.45) is 0 Å². The zero-order valence-corrected chi connectivity index (χ0v) is 16.5. The van der Waals surface area contributed by atoms with Crippen LogP contribution < -0.4 is 10.1 Å². The number of rotatable bonds is 5. The van der Waals surface area contributed by atoms with Gasteiger partial charge in [-0.1, -0.05) is 34.4 Å². The molecular weight excluding hydrogens is 389 g/mol. The molecule has 8 heteroatoms. The van der Waals surface area contributed by atoms with Gasteiger partial charge in [-0.25, -0.2) is 4.98 Å². The lowest BCUT2D eigenvalue weighted by Crippen LogP contribution is -2.16. The number of hydrogen-bond acceptors (Lipinski definition) is 5. The summed E-state index contributed by atoms with van der Waals surface area (Å²) in [5.74, 6) is 0.900. The maximum absolute atomic E-state index is 12.6. The third kappa shape index (κ3) is 4.59. The van der Waals surface area contributed by atoms with Gasteiger partial charge in [-0.15, -0.1) is 0 Å². The maximum Gasteiger partial charge on any atom is 0.279 e. The molecule has 0 aliphatic rings. The second-order valence-electron chi connectivity index (χ2n) is 6.12. The smallest absolute Gasteiger partial charge is 0.279 e. The number of anilines is 1. The molecule has 0 atom stereocenters. The molecule has 27 heavy (non-hydrogen) atoms. The highest BCUT2D eigenvalue weighted by Crippen LogP contribution is 2.24. The van der Waals surface area contributed by atoms with E-state index < -0.39 is 5.91 Å². The monoisotopic (exact) mass is 405 g/mol. The van der Waals surface area contributed by atoms with E-state index in [1.165, 1.54) is 12.3 Å². The normalized spacial score (nSPS) is 10.7. The van der Waals surface area contributed by atoms with Gasteiger partial charge in [0.15, 0.2) is 11.5 Å². The van der Waals surface area contributed by atoms with Crippen LogP contribution in [0.3, 0.4) is 0 Å². The highest BCUT2D eigenvalue weighted by Gasteiger charge is 2.21. The van der Waals surface area contributed by atoms with Crippen LogP contribution in [-0.4, -0.2) is 16.0 Å². The van der Waals surface area contributed by atoms with Crippen LogP contribution in [0.4, 0.5) is 5.82 Å². The van der Waals surface area contributed by atoms with E-state index in [1.54, 1.807) is 6.92 Å². The van der Waals surface area contributed by atoms with Crippen molar-refractivity contribution in [2.45, 2.75) is 27.4 Å². The summed E-state index contributed by atoms with van der Waals surface area (Å²) in [6.07, 6.45) is 1.39. The Labute approximate surface area is 166 Å². The number of aromatic nitrogens is 2. The SMILES string of the molecule is Cc1cc(C)cc(OCc2c(C(=O)Nc3ncc(Cl)cc3Cl)noc2C)c1. The Morgan fingerprint density at radius 3 is 2.52 bits per heavy atom. The zero-order valence-electron chi connectivity index (χ0n) is 15.0. The second kappa shape index (κ2) is 7.98. The van der Waals surface area contributed by atoms with E-state index in [4.69, 9.17) is 32.5 Å². The van der Waals surface area contributed by atoms with E-state index in [1.807, 2.05) is 26.0 Å². The van der Waals surface area contributed by atoms with Gasteiger partial charge in [0.2, 0.25) is 0 Å². The molecule has 1 N–H and O–H groups in total. The fourth-order valence-corrected chi connectivity index (χ4v) is 3.01. The molecule has 0 aliphatic heterocycles. The lowest BCUT2D eigenvalue weighted by Gasteiger charge is -2.09. The van der Waals surface area contributed by atoms with Gasteiger partial charge in [0.05, 0.1) is 15.6 Å². The van der Waals surface area contributed by atoms with Gasteiger partial charge < -0.3 is 14.6 Å². The minimum Gasteiger partial charge on any atom is -0.489 e. The maximum atomic E-state index is 12.6. The van der Waals surface area contributed by atoms with Crippen molar-refractivity contribution in [3.63, 3.8) is 0 Å². The summed E-state index contributed by atoms with van der Waals surface area (Å²) >= 11 is 11.9. The van der Waals surface area contributed by atoms with Gasteiger partial charge >= 0.3 is 0 Å². The van der Waals surface area contributed by atoms with E-state index in [0.29, 0.717) is 22.1 Å². The molecule has 0 radical (unpaired) electrons. The van der Waals surface area contributed by atoms with Crippen molar-refractivity contribution in [3.8, 4) is 5.75 Å². The van der Waals surface area contributed by atoms with Crippen molar-refractivity contribution >= 4 is 34.9 Å². The number of carbonyl (C=O) groups is 1. The molecule has 0 aliphatic carbocycles. The van der Waals surface area contributed by atoms with Gasteiger partial charge in [0.25, 0.3) is 5.91 Å². The Morgan fingerprint density at radius 2 is 1.85 bits per heavy atom. The molecule has 0 saturated carbocycles. The molecule has 0 bridgehead atoms. The van der Waals surface area contributed by atoms with E-state index in [-0.39, 0.29) is 23.1 Å². The molecule has 3 aromatic rings. The first-order valence-corrected chi connectivity index (χ1v) is 8.87. The van der Waals surface area contributed by atoms with Crippen LogP contribution in [0, 0.1) is 20.8 Å². The first-order chi connectivity index (χ1) is 12.8. The fourth-order valence-electron chi connectivity index (χ4n) is 2.58. The number of pyridine rings is 1. The molecule has 3 rings (SSSR count). The largest absolute Gasteiger partial charge is 0.489 e. The molecule has 6 nitrogen and oxygen atoms in total. The zero-order chi connectivity index (χ0) is 19.6. The third-order valence-electron chi connectivity index (χ3n) is 3.82. The highest BCUT2D eigenvalue weighted by atomic mass is 35.5. The molecular formula is C19H17Cl2N3O3. The van der Waals surface area contributed by atoms with Crippen LogP contribution in [0.25, 0.3) is 0 Å². The van der Waals surface area contributed by atoms with Gasteiger partial charge in [0, 0.05) is 6.20 Å². The molecule has 2 heterocycles. The minimum absolute atomic E-state index is 0.115. The summed E-state index contributed by atoms with van der Waals surface area (Å²) in [5.41, 5.74) is 2.85. The van der Waals surface area contributed by atoms with Crippen molar-refractivity contribution in [1.82, 2.24) is 10.1 Å². The van der Waals surface area contributed by atoms with Gasteiger partial charge in [0.1, 0.15) is 18.1 Å². The van der Waals surface area contributed by atoms with E-state index in [0.717, 1.165) is 11.1 Å². The summed E-state index contributed by atoms with van der Waals surface area (Å²) in [6, 6.07) is 7.39. The Balaban J connectivity index is 1.78. The number of nitrogens with one attached hydrogen (secondary N) is 1. The number of ether oxygens (including phenoxy) is 1. The molecule has 1 amide bonds. The lowest BCUT2D eigenvalue weighted by atomic mass is 10.1. The van der Waals surface area contributed by atoms with Crippen molar-refractivity contribution in [3.05, 3.63) is 68.7 Å². The lowest BCUT2D eigenvalue weighted by molar-refractivity contribution is 0.101. The summed E-state index contributed by atoms with van der Waals surface area (Å²) in [4.78, 5) is 16.6. The van der Waals surface area contributed by atoms with Crippen LogP contribution in [0.15, 0.2) is 35.0 Å². The van der Waals surface area contributed by atoms with Crippen LogP contribution in [0.2, 0.25) is 10.0 Å². The summed E-state index contributed by atoms with van der Waals surface area (Å²) in [7, 11) is 0. The molecule has 0 unspecified atom stereocenters. The average Bonchev–Trinajstić information content (AvgIpc) is 2.95. The number of amides is 1. The number of benzene rings is 1. The van der Waals surface area contributed by atoms with E-state index >= 15 is 0 Å². The number of aryl methyl sites for hydroxylation is 3. The van der Waals surface area contributed by atoms with Crippen molar-refractivity contribution in [2.75, 3.05) is 5.32 Å². The third-order valence-corrected chi connectivity index (χ3v) is 4.31. The molecule has 1 aromatic carbocycles. The van der Waals surface area contributed by atoms with Crippen molar-refractivity contribution in [1.29, 1.82) is 0 Å². The van der Waals surface area contributed by atoms with Gasteiger partial charge in [-0.2, -0.15) is 0 Å².